The molecule has 0 radical (unpaired) electrons. The van der Waals surface area contributed by atoms with Crippen LogP contribution in [0.2, 0.25) is 0 Å². The molecule has 0 aliphatic rings. The van der Waals surface area contributed by atoms with Gasteiger partial charge in [0.2, 0.25) is 0 Å². The minimum atomic E-state index is -4.46. The number of hydrogen-bond donors (Lipinski definition) is 2. The fourth-order valence-electron chi connectivity index (χ4n) is 2.53. The third kappa shape index (κ3) is 5.22. The number of hydrogen-bond acceptors (Lipinski definition) is 4. The number of anilines is 2. The Labute approximate surface area is 162 Å². The van der Waals surface area contributed by atoms with Crippen LogP contribution in [0, 0.1) is 5.82 Å². The van der Waals surface area contributed by atoms with Gasteiger partial charge in [-0.1, -0.05) is 18.2 Å². The van der Waals surface area contributed by atoms with Gasteiger partial charge in [-0.15, -0.1) is 0 Å². The average Bonchev–Trinajstić information content (AvgIpc) is 2.68. The van der Waals surface area contributed by atoms with Crippen LogP contribution in [0.4, 0.5) is 29.1 Å². The van der Waals surface area contributed by atoms with E-state index in [1.807, 2.05) is 0 Å². The number of alkyl halides is 3. The second-order valence-electron chi connectivity index (χ2n) is 5.96. The molecule has 0 unspecified atom stereocenters. The minimum Gasteiger partial charge on any atom is -0.484 e. The molecule has 3 aromatic rings. The van der Waals surface area contributed by atoms with Gasteiger partial charge in [0.05, 0.1) is 5.69 Å². The molecule has 0 saturated carbocycles. The molecule has 0 aliphatic heterocycles. The molecular weight excluding hydrogens is 392 g/mol. The van der Waals surface area contributed by atoms with E-state index in [-0.39, 0.29) is 22.8 Å². The van der Waals surface area contributed by atoms with Crippen molar-refractivity contribution in [3.63, 3.8) is 0 Å². The molecule has 3 rings (SSSR count). The summed E-state index contributed by atoms with van der Waals surface area (Å²) in [5, 5.41) is 11.8. The van der Waals surface area contributed by atoms with Gasteiger partial charge >= 0.3 is 12.1 Å². The van der Waals surface area contributed by atoms with E-state index >= 15 is 0 Å². The number of carboxylic acids is 1. The van der Waals surface area contributed by atoms with Crippen molar-refractivity contribution in [2.75, 3.05) is 11.9 Å². The van der Waals surface area contributed by atoms with Crippen molar-refractivity contribution in [3.8, 4) is 16.9 Å². The van der Waals surface area contributed by atoms with Crippen molar-refractivity contribution in [3.05, 3.63) is 72.2 Å². The fraction of sp³-hybridized carbons (Fsp3) is 0.100. The summed E-state index contributed by atoms with van der Waals surface area (Å²) in [4.78, 5) is 15.1. The van der Waals surface area contributed by atoms with Gasteiger partial charge in [0, 0.05) is 6.20 Å². The number of benzene rings is 2. The molecule has 0 atom stereocenters. The molecule has 29 heavy (non-hydrogen) atoms. The molecule has 1 aromatic heterocycles. The summed E-state index contributed by atoms with van der Waals surface area (Å²) in [6, 6.07) is 12.7. The predicted octanol–water partition coefficient (Wildman–Crippen LogP) is 5.27. The van der Waals surface area contributed by atoms with Crippen LogP contribution < -0.4 is 10.1 Å². The molecule has 150 valence electrons. The Morgan fingerprint density at radius 2 is 1.83 bits per heavy atom. The first-order valence-electron chi connectivity index (χ1n) is 8.28. The lowest BCUT2D eigenvalue weighted by molar-refractivity contribution is -0.153. The number of pyridine rings is 1. The van der Waals surface area contributed by atoms with E-state index in [1.165, 1.54) is 54.7 Å². The molecule has 0 aliphatic carbocycles. The topological polar surface area (TPSA) is 71.5 Å². The van der Waals surface area contributed by atoms with Gasteiger partial charge in [0.1, 0.15) is 22.9 Å². The van der Waals surface area contributed by atoms with Crippen LogP contribution in [0.5, 0.6) is 5.75 Å². The van der Waals surface area contributed by atoms with Crippen molar-refractivity contribution in [2.45, 2.75) is 6.18 Å². The summed E-state index contributed by atoms with van der Waals surface area (Å²) in [6.45, 7) is -1.43. The van der Waals surface area contributed by atoms with E-state index in [1.54, 1.807) is 6.07 Å². The van der Waals surface area contributed by atoms with Crippen LogP contribution in [0.25, 0.3) is 11.1 Å². The van der Waals surface area contributed by atoms with Gasteiger partial charge in [-0.25, -0.2) is 14.2 Å². The molecule has 0 spiro atoms. The first-order chi connectivity index (χ1) is 13.7. The summed E-state index contributed by atoms with van der Waals surface area (Å²) in [6.07, 6.45) is -3.09. The molecule has 0 saturated heterocycles. The molecule has 0 fully saturated rings. The summed E-state index contributed by atoms with van der Waals surface area (Å²) in [7, 11) is 0. The number of carbonyl (C=O) groups is 1. The van der Waals surface area contributed by atoms with E-state index in [9.17, 15) is 22.4 Å². The maximum Gasteiger partial charge on any atom is 0.422 e. The van der Waals surface area contributed by atoms with Crippen LogP contribution in [-0.2, 0) is 0 Å². The number of aromatic nitrogens is 1. The highest BCUT2D eigenvalue weighted by Crippen LogP contribution is 2.29. The van der Waals surface area contributed by atoms with Gasteiger partial charge in [0.25, 0.3) is 0 Å². The zero-order chi connectivity index (χ0) is 21.0. The molecule has 2 aromatic carbocycles. The van der Waals surface area contributed by atoms with Crippen molar-refractivity contribution in [1.82, 2.24) is 4.98 Å². The van der Waals surface area contributed by atoms with Gasteiger partial charge in [-0.05, 0) is 47.5 Å². The van der Waals surface area contributed by atoms with Crippen molar-refractivity contribution in [2.24, 2.45) is 0 Å². The molecule has 0 bridgehead atoms. The summed E-state index contributed by atoms with van der Waals surface area (Å²) < 4.78 is 56.1. The Balaban J connectivity index is 1.83. The predicted molar refractivity (Wildman–Crippen MR) is 97.9 cm³/mol. The lowest BCUT2D eigenvalue weighted by Gasteiger charge is -2.12. The number of rotatable bonds is 6. The molecular formula is C20H14F4N2O3. The van der Waals surface area contributed by atoms with Crippen LogP contribution >= 0.6 is 0 Å². The second kappa shape index (κ2) is 8.17. The molecule has 1 heterocycles. The summed E-state index contributed by atoms with van der Waals surface area (Å²) >= 11 is 0. The minimum absolute atomic E-state index is 0.000531. The number of nitrogens with zero attached hydrogens (tertiary/aromatic N) is 1. The van der Waals surface area contributed by atoms with Crippen molar-refractivity contribution >= 4 is 17.5 Å². The number of halogens is 4. The standard InChI is InChI=1S/C20H14F4N2O3/c21-16-10-13(12-3-1-4-14(9-12)29-11-20(22,23)24)6-7-17(16)26-18-15(19(27)28)5-2-8-25-18/h1-10H,11H2,(H,25,26)(H,27,28). The van der Waals surface area contributed by atoms with E-state index in [0.29, 0.717) is 11.1 Å². The number of ether oxygens (including phenoxy) is 1. The van der Waals surface area contributed by atoms with E-state index in [4.69, 9.17) is 9.84 Å². The Kier molecular flexibility index (Phi) is 5.67. The van der Waals surface area contributed by atoms with Gasteiger partial charge in [-0.3, -0.25) is 0 Å². The Morgan fingerprint density at radius 1 is 1.07 bits per heavy atom. The Bertz CT molecular complexity index is 1040. The summed E-state index contributed by atoms with van der Waals surface area (Å²) in [5.74, 6) is -1.92. The smallest absolute Gasteiger partial charge is 0.422 e. The molecule has 9 heteroatoms. The first kappa shape index (κ1) is 20.1. The van der Waals surface area contributed by atoms with Crippen LogP contribution in [-0.4, -0.2) is 28.8 Å². The average molecular weight is 406 g/mol. The molecule has 0 amide bonds. The number of nitrogens with one attached hydrogen (secondary N) is 1. The molecule has 2 N–H and O–H groups in total. The lowest BCUT2D eigenvalue weighted by Crippen LogP contribution is -2.19. The quantitative estimate of drug-likeness (QED) is 0.546. The van der Waals surface area contributed by atoms with E-state index in [2.05, 4.69) is 10.3 Å². The molecule has 5 nitrogen and oxygen atoms in total. The first-order valence-corrected chi connectivity index (χ1v) is 8.28. The fourth-order valence-corrected chi connectivity index (χ4v) is 2.53. The highest BCUT2D eigenvalue weighted by Gasteiger charge is 2.28. The van der Waals surface area contributed by atoms with Crippen molar-refractivity contribution in [1.29, 1.82) is 0 Å². The highest BCUT2D eigenvalue weighted by atomic mass is 19.4. The van der Waals surface area contributed by atoms with Gasteiger partial charge < -0.3 is 15.2 Å². The number of carboxylic acid groups (broad SMARTS) is 1. The third-order valence-corrected chi connectivity index (χ3v) is 3.83. The maximum absolute atomic E-state index is 14.5. The zero-order valence-corrected chi connectivity index (χ0v) is 14.7. The van der Waals surface area contributed by atoms with Crippen LogP contribution in [0.1, 0.15) is 10.4 Å². The monoisotopic (exact) mass is 406 g/mol. The summed E-state index contributed by atoms with van der Waals surface area (Å²) in [5.41, 5.74) is 0.745. The third-order valence-electron chi connectivity index (χ3n) is 3.83. The highest BCUT2D eigenvalue weighted by molar-refractivity contribution is 5.93. The Hall–Kier alpha value is -3.62. The Morgan fingerprint density at radius 3 is 2.52 bits per heavy atom. The van der Waals surface area contributed by atoms with E-state index < -0.39 is 24.6 Å². The lowest BCUT2D eigenvalue weighted by atomic mass is 10.0. The maximum atomic E-state index is 14.5. The van der Waals surface area contributed by atoms with Crippen molar-refractivity contribution < 1.29 is 32.2 Å². The second-order valence-corrected chi connectivity index (χ2v) is 5.96. The van der Waals surface area contributed by atoms with Gasteiger partial charge in [0.15, 0.2) is 6.61 Å². The van der Waals surface area contributed by atoms with Gasteiger partial charge in [-0.2, -0.15) is 13.2 Å². The normalized spacial score (nSPS) is 11.2. The number of aromatic carboxylic acids is 1. The SMILES string of the molecule is O=C(O)c1cccnc1Nc1ccc(-c2cccc(OCC(F)(F)F)c2)cc1F. The van der Waals surface area contributed by atoms with Crippen LogP contribution in [0.3, 0.4) is 0 Å². The van der Waals surface area contributed by atoms with Crippen LogP contribution in [0.15, 0.2) is 60.8 Å². The zero-order valence-electron chi connectivity index (χ0n) is 14.7. The van der Waals surface area contributed by atoms with E-state index in [0.717, 1.165) is 0 Å². The largest absolute Gasteiger partial charge is 0.484 e.